The van der Waals surface area contributed by atoms with Gasteiger partial charge in [-0.2, -0.15) is 5.10 Å². The van der Waals surface area contributed by atoms with E-state index in [9.17, 15) is 9.18 Å². The van der Waals surface area contributed by atoms with Crippen molar-refractivity contribution < 1.29 is 9.18 Å². The molecule has 1 heterocycles. The van der Waals surface area contributed by atoms with Crippen molar-refractivity contribution in [1.82, 2.24) is 9.78 Å². The van der Waals surface area contributed by atoms with Crippen LogP contribution in [-0.2, 0) is 7.05 Å². The SMILES string of the molecule is CC(=O)c1cccc(F)c1Sc1cc(C)nn1C. The Labute approximate surface area is 109 Å². The zero-order valence-corrected chi connectivity index (χ0v) is 11.2. The van der Waals surface area contributed by atoms with Gasteiger partial charge < -0.3 is 0 Å². The maximum absolute atomic E-state index is 13.8. The minimum absolute atomic E-state index is 0.143. The summed E-state index contributed by atoms with van der Waals surface area (Å²) in [4.78, 5) is 11.9. The first-order valence-corrected chi connectivity index (χ1v) is 6.28. The van der Waals surface area contributed by atoms with E-state index in [1.165, 1.54) is 24.8 Å². The normalized spacial score (nSPS) is 10.7. The topological polar surface area (TPSA) is 34.9 Å². The summed E-state index contributed by atoms with van der Waals surface area (Å²) >= 11 is 1.22. The Morgan fingerprint density at radius 2 is 2.17 bits per heavy atom. The molecule has 0 aliphatic carbocycles. The third-order valence-electron chi connectivity index (χ3n) is 2.51. The lowest BCUT2D eigenvalue weighted by molar-refractivity contribution is 0.101. The molecule has 0 unspecified atom stereocenters. The molecule has 3 nitrogen and oxygen atoms in total. The van der Waals surface area contributed by atoms with Crippen LogP contribution in [0.15, 0.2) is 34.2 Å². The Morgan fingerprint density at radius 3 is 2.72 bits per heavy atom. The highest BCUT2D eigenvalue weighted by Gasteiger charge is 2.15. The van der Waals surface area contributed by atoms with E-state index in [-0.39, 0.29) is 11.6 Å². The van der Waals surface area contributed by atoms with E-state index in [0.29, 0.717) is 10.5 Å². The Bertz CT molecular complexity index is 607. The average molecular weight is 264 g/mol. The van der Waals surface area contributed by atoms with Crippen LogP contribution in [0.4, 0.5) is 4.39 Å². The number of rotatable bonds is 3. The van der Waals surface area contributed by atoms with Crippen LogP contribution < -0.4 is 0 Å². The molecule has 0 bridgehead atoms. The second-order valence-corrected chi connectivity index (χ2v) is 5.05. The van der Waals surface area contributed by atoms with Crippen LogP contribution in [0.5, 0.6) is 0 Å². The molecule has 0 aliphatic heterocycles. The molecule has 5 heteroatoms. The van der Waals surface area contributed by atoms with Gasteiger partial charge in [-0.1, -0.05) is 23.9 Å². The first kappa shape index (κ1) is 12.8. The van der Waals surface area contributed by atoms with Gasteiger partial charge >= 0.3 is 0 Å². The number of benzene rings is 1. The van der Waals surface area contributed by atoms with Gasteiger partial charge in [0.15, 0.2) is 5.78 Å². The molecule has 2 aromatic rings. The number of halogens is 1. The van der Waals surface area contributed by atoms with Crippen molar-refractivity contribution in [2.45, 2.75) is 23.8 Å². The standard InChI is InChI=1S/C13H13FN2OS/c1-8-7-12(16(3)15-8)18-13-10(9(2)17)5-4-6-11(13)14/h4-7H,1-3H3. The second kappa shape index (κ2) is 4.94. The lowest BCUT2D eigenvalue weighted by atomic mass is 10.1. The van der Waals surface area contributed by atoms with E-state index < -0.39 is 0 Å². The van der Waals surface area contributed by atoms with Crippen molar-refractivity contribution in [3.05, 3.63) is 41.3 Å². The smallest absolute Gasteiger partial charge is 0.161 e. The van der Waals surface area contributed by atoms with Crippen molar-refractivity contribution in [3.63, 3.8) is 0 Å². The monoisotopic (exact) mass is 264 g/mol. The lowest BCUT2D eigenvalue weighted by Gasteiger charge is -2.07. The molecule has 0 amide bonds. The average Bonchev–Trinajstić information content (AvgIpc) is 2.60. The fraction of sp³-hybridized carbons (Fsp3) is 0.231. The molecule has 94 valence electrons. The second-order valence-electron chi connectivity index (χ2n) is 4.02. The van der Waals surface area contributed by atoms with Gasteiger partial charge in [0.2, 0.25) is 0 Å². The Morgan fingerprint density at radius 1 is 1.44 bits per heavy atom. The van der Waals surface area contributed by atoms with Gasteiger partial charge in [-0.3, -0.25) is 9.48 Å². The van der Waals surface area contributed by atoms with Crippen LogP contribution in [0.1, 0.15) is 23.0 Å². The fourth-order valence-corrected chi connectivity index (χ4v) is 2.78. The summed E-state index contributed by atoms with van der Waals surface area (Å²) in [5, 5.41) is 5.01. The van der Waals surface area contributed by atoms with Crippen molar-refractivity contribution in [2.24, 2.45) is 7.05 Å². The minimum Gasteiger partial charge on any atom is -0.294 e. The summed E-state index contributed by atoms with van der Waals surface area (Å²) in [6.07, 6.45) is 0. The van der Waals surface area contributed by atoms with Crippen LogP contribution in [0.3, 0.4) is 0 Å². The molecule has 1 aromatic heterocycles. The molecule has 18 heavy (non-hydrogen) atoms. The van der Waals surface area contributed by atoms with Gasteiger partial charge in [-0.25, -0.2) is 4.39 Å². The predicted molar refractivity (Wildman–Crippen MR) is 68.5 cm³/mol. The summed E-state index contributed by atoms with van der Waals surface area (Å²) < 4.78 is 15.5. The Kier molecular flexibility index (Phi) is 3.52. The largest absolute Gasteiger partial charge is 0.294 e. The first-order valence-electron chi connectivity index (χ1n) is 5.47. The summed E-state index contributed by atoms with van der Waals surface area (Å²) in [5.74, 6) is -0.526. The molecule has 0 N–H and O–H groups in total. The zero-order valence-electron chi connectivity index (χ0n) is 10.4. The maximum Gasteiger partial charge on any atom is 0.161 e. The highest BCUT2D eigenvalue weighted by atomic mass is 32.2. The number of hydrogen-bond acceptors (Lipinski definition) is 3. The summed E-state index contributed by atoms with van der Waals surface area (Å²) in [6.45, 7) is 3.31. The third-order valence-corrected chi connectivity index (χ3v) is 3.72. The number of aryl methyl sites for hydroxylation is 2. The van der Waals surface area contributed by atoms with Gasteiger partial charge in [0.05, 0.1) is 15.6 Å². The van der Waals surface area contributed by atoms with Gasteiger partial charge in [-0.05, 0) is 26.0 Å². The fourth-order valence-electron chi connectivity index (χ4n) is 1.68. The molecule has 0 spiro atoms. The molecular formula is C13H13FN2OS. The quantitative estimate of drug-likeness (QED) is 0.798. The molecule has 0 radical (unpaired) electrons. The third kappa shape index (κ3) is 2.46. The summed E-state index contributed by atoms with van der Waals surface area (Å²) in [7, 11) is 1.80. The highest BCUT2D eigenvalue weighted by Crippen LogP contribution is 2.33. The molecule has 0 saturated carbocycles. The molecular weight excluding hydrogens is 251 g/mol. The number of Topliss-reactive ketones (excluding diaryl/α,β-unsaturated/α-hetero) is 1. The van der Waals surface area contributed by atoms with Crippen molar-refractivity contribution in [1.29, 1.82) is 0 Å². The Balaban J connectivity index is 2.45. The number of ketones is 1. The van der Waals surface area contributed by atoms with Gasteiger partial charge in [0.25, 0.3) is 0 Å². The van der Waals surface area contributed by atoms with Crippen molar-refractivity contribution >= 4 is 17.5 Å². The first-order chi connectivity index (χ1) is 8.49. The number of aromatic nitrogens is 2. The predicted octanol–water partition coefficient (Wildman–Crippen LogP) is 3.22. The van der Waals surface area contributed by atoms with Gasteiger partial charge in [0.1, 0.15) is 5.82 Å². The van der Waals surface area contributed by atoms with Crippen LogP contribution in [-0.4, -0.2) is 15.6 Å². The maximum atomic E-state index is 13.8. The molecule has 0 fully saturated rings. The molecule has 1 aromatic carbocycles. The molecule has 2 rings (SSSR count). The van der Waals surface area contributed by atoms with E-state index >= 15 is 0 Å². The summed E-state index contributed by atoms with van der Waals surface area (Å²) in [5.41, 5.74) is 1.26. The van der Waals surface area contributed by atoms with Crippen molar-refractivity contribution in [3.8, 4) is 0 Å². The zero-order chi connectivity index (χ0) is 13.3. The number of nitrogens with zero attached hydrogens (tertiary/aromatic N) is 2. The number of carbonyl (C=O) groups is 1. The van der Waals surface area contributed by atoms with Crippen LogP contribution in [0.2, 0.25) is 0 Å². The lowest BCUT2D eigenvalue weighted by Crippen LogP contribution is -1.99. The van der Waals surface area contributed by atoms with E-state index in [1.54, 1.807) is 23.9 Å². The van der Waals surface area contributed by atoms with Gasteiger partial charge in [-0.15, -0.1) is 0 Å². The highest BCUT2D eigenvalue weighted by molar-refractivity contribution is 7.99. The number of hydrogen-bond donors (Lipinski definition) is 0. The van der Waals surface area contributed by atoms with Gasteiger partial charge in [0, 0.05) is 12.6 Å². The minimum atomic E-state index is -0.383. The van der Waals surface area contributed by atoms with Crippen molar-refractivity contribution in [2.75, 3.05) is 0 Å². The van der Waals surface area contributed by atoms with Crippen LogP contribution in [0, 0.1) is 12.7 Å². The molecule has 0 saturated heterocycles. The number of carbonyl (C=O) groups excluding carboxylic acids is 1. The van der Waals surface area contributed by atoms with Crippen LogP contribution >= 0.6 is 11.8 Å². The van der Waals surface area contributed by atoms with E-state index in [1.807, 2.05) is 13.0 Å². The van der Waals surface area contributed by atoms with Crippen LogP contribution in [0.25, 0.3) is 0 Å². The summed E-state index contributed by atoms with van der Waals surface area (Å²) in [6, 6.07) is 6.40. The van der Waals surface area contributed by atoms with E-state index in [2.05, 4.69) is 5.10 Å². The molecule has 0 atom stereocenters. The van der Waals surface area contributed by atoms with E-state index in [0.717, 1.165) is 10.7 Å². The Hall–Kier alpha value is -1.62. The molecule has 0 aliphatic rings. The van der Waals surface area contributed by atoms with E-state index in [4.69, 9.17) is 0 Å².